The number of aromatic nitrogens is 2. The Balaban J connectivity index is 0.00000364. The zero-order valence-electron chi connectivity index (χ0n) is 15.8. The van der Waals surface area contributed by atoms with E-state index in [1.165, 1.54) is 6.07 Å². The van der Waals surface area contributed by atoms with Crippen LogP contribution in [0.2, 0.25) is 0 Å². The summed E-state index contributed by atoms with van der Waals surface area (Å²) in [6.07, 6.45) is 6.17. The Hall–Kier alpha value is -1.71. The van der Waals surface area contributed by atoms with Gasteiger partial charge in [-0.25, -0.2) is 13.8 Å². The van der Waals surface area contributed by atoms with Gasteiger partial charge in [0.1, 0.15) is 17.5 Å². The predicted molar refractivity (Wildman–Crippen MR) is 116 cm³/mol. The second-order valence-corrected chi connectivity index (χ2v) is 6.05. The number of unbranched alkanes of at least 4 members (excludes halogenated alkanes) is 1. The first-order valence-corrected chi connectivity index (χ1v) is 9.04. The molecule has 0 saturated heterocycles. The molecule has 0 fully saturated rings. The molecule has 2 aromatic rings. The van der Waals surface area contributed by atoms with Crippen molar-refractivity contribution in [1.29, 1.82) is 0 Å². The highest BCUT2D eigenvalue weighted by molar-refractivity contribution is 14.0. The van der Waals surface area contributed by atoms with Gasteiger partial charge in [-0.3, -0.25) is 4.99 Å². The number of hydrogen-bond donors (Lipinski definition) is 2. The normalized spacial score (nSPS) is 11.2. The fourth-order valence-electron chi connectivity index (χ4n) is 2.62. The summed E-state index contributed by atoms with van der Waals surface area (Å²) in [6, 6.07) is 3.52. The van der Waals surface area contributed by atoms with Crippen molar-refractivity contribution in [2.75, 3.05) is 19.6 Å². The molecule has 0 aliphatic carbocycles. The van der Waals surface area contributed by atoms with Crippen molar-refractivity contribution in [3.8, 4) is 0 Å². The van der Waals surface area contributed by atoms with E-state index in [4.69, 9.17) is 0 Å². The Morgan fingerprint density at radius 2 is 2.04 bits per heavy atom. The summed E-state index contributed by atoms with van der Waals surface area (Å²) in [6.45, 7) is 6.86. The third-order valence-electron chi connectivity index (χ3n) is 4.04. The molecule has 1 heterocycles. The monoisotopic (exact) mass is 491 g/mol. The number of rotatable bonds is 9. The molecule has 2 N–H and O–H groups in total. The van der Waals surface area contributed by atoms with Crippen molar-refractivity contribution >= 4 is 29.9 Å². The summed E-state index contributed by atoms with van der Waals surface area (Å²) < 4.78 is 28.9. The fraction of sp³-hybridized carbons (Fsp3) is 0.474. The predicted octanol–water partition coefficient (Wildman–Crippen LogP) is 3.67. The maximum atomic E-state index is 13.6. The highest BCUT2D eigenvalue weighted by atomic mass is 127. The quantitative estimate of drug-likeness (QED) is 0.244. The summed E-state index contributed by atoms with van der Waals surface area (Å²) in [5.41, 5.74) is 0.365. The summed E-state index contributed by atoms with van der Waals surface area (Å²) in [5.74, 6) is 0.913. The van der Waals surface area contributed by atoms with Crippen LogP contribution >= 0.6 is 24.0 Å². The fourth-order valence-corrected chi connectivity index (χ4v) is 2.62. The van der Waals surface area contributed by atoms with Gasteiger partial charge in [0.25, 0.3) is 0 Å². The van der Waals surface area contributed by atoms with Gasteiger partial charge in [0.05, 0.1) is 0 Å². The lowest BCUT2D eigenvalue weighted by atomic mass is 10.1. The second-order valence-electron chi connectivity index (χ2n) is 6.05. The van der Waals surface area contributed by atoms with Crippen molar-refractivity contribution in [2.45, 2.75) is 39.7 Å². The lowest BCUT2D eigenvalue weighted by Gasteiger charge is -2.12. The molecule has 0 unspecified atom stereocenters. The van der Waals surface area contributed by atoms with E-state index in [2.05, 4.69) is 25.2 Å². The Morgan fingerprint density at radius 3 is 2.74 bits per heavy atom. The molecule has 0 radical (unpaired) electrons. The van der Waals surface area contributed by atoms with Crippen LogP contribution in [0.15, 0.2) is 35.6 Å². The standard InChI is InChI=1S/C19H27F2N5.HI/c1-3-22-19(24-9-4-5-12-26-13-11-23-15(26)2)25-10-8-16-14-17(20)6-7-18(16)21;/h6-7,11,13-14H,3-5,8-10,12H2,1-2H3,(H2,22,24,25);1H. The molecule has 0 aliphatic rings. The molecule has 2 rings (SSSR count). The van der Waals surface area contributed by atoms with Gasteiger partial charge in [-0.05, 0) is 56.9 Å². The number of aryl methyl sites for hydroxylation is 2. The lowest BCUT2D eigenvalue weighted by Crippen LogP contribution is -2.38. The molecule has 150 valence electrons. The van der Waals surface area contributed by atoms with E-state index in [9.17, 15) is 8.78 Å². The molecule has 5 nitrogen and oxygen atoms in total. The van der Waals surface area contributed by atoms with E-state index in [1.807, 2.05) is 26.2 Å². The SMILES string of the molecule is CCNC(=NCCCCn1ccnc1C)NCCc1cc(F)ccc1F.I. The number of halogens is 3. The van der Waals surface area contributed by atoms with Crippen molar-refractivity contribution in [3.05, 3.63) is 53.6 Å². The first-order valence-electron chi connectivity index (χ1n) is 9.04. The number of nitrogens with zero attached hydrogens (tertiary/aromatic N) is 3. The smallest absolute Gasteiger partial charge is 0.191 e. The molecule has 0 atom stereocenters. The Kier molecular flexibility index (Phi) is 10.9. The van der Waals surface area contributed by atoms with Crippen LogP contribution in [0, 0.1) is 18.6 Å². The van der Waals surface area contributed by atoms with E-state index in [1.54, 1.807) is 0 Å². The minimum absolute atomic E-state index is 0. The molecule has 1 aromatic carbocycles. The van der Waals surface area contributed by atoms with E-state index in [0.29, 0.717) is 31.0 Å². The van der Waals surface area contributed by atoms with Crippen molar-refractivity contribution in [2.24, 2.45) is 4.99 Å². The van der Waals surface area contributed by atoms with Crippen LogP contribution in [0.25, 0.3) is 0 Å². The van der Waals surface area contributed by atoms with Crippen molar-refractivity contribution in [1.82, 2.24) is 20.2 Å². The van der Waals surface area contributed by atoms with Crippen LogP contribution in [-0.4, -0.2) is 35.1 Å². The number of benzene rings is 1. The third kappa shape index (κ3) is 8.23. The van der Waals surface area contributed by atoms with Gasteiger partial charge in [0.15, 0.2) is 5.96 Å². The van der Waals surface area contributed by atoms with Gasteiger partial charge in [-0.2, -0.15) is 0 Å². The molecule has 0 amide bonds. The first kappa shape index (κ1) is 23.3. The second kappa shape index (κ2) is 12.6. The van der Waals surface area contributed by atoms with Gasteiger partial charge in [-0.1, -0.05) is 0 Å². The average Bonchev–Trinajstić information content (AvgIpc) is 3.02. The number of imidazole rings is 1. The van der Waals surface area contributed by atoms with E-state index >= 15 is 0 Å². The maximum absolute atomic E-state index is 13.6. The van der Waals surface area contributed by atoms with E-state index < -0.39 is 5.82 Å². The van der Waals surface area contributed by atoms with E-state index in [-0.39, 0.29) is 29.8 Å². The van der Waals surface area contributed by atoms with Crippen LogP contribution in [0.1, 0.15) is 31.2 Å². The van der Waals surface area contributed by atoms with Crippen molar-refractivity contribution < 1.29 is 8.78 Å². The number of aliphatic imine (C=N–C) groups is 1. The first-order chi connectivity index (χ1) is 12.6. The molecule has 1 aromatic heterocycles. The van der Waals surface area contributed by atoms with Crippen LogP contribution in [0.4, 0.5) is 8.78 Å². The molecular weight excluding hydrogens is 463 g/mol. The highest BCUT2D eigenvalue weighted by Gasteiger charge is 2.04. The molecule has 0 aliphatic heterocycles. The average molecular weight is 491 g/mol. The van der Waals surface area contributed by atoms with Gasteiger partial charge in [0.2, 0.25) is 0 Å². The molecular formula is C19H28F2IN5. The Bertz CT molecular complexity index is 718. The summed E-state index contributed by atoms with van der Waals surface area (Å²) in [5, 5.41) is 6.33. The van der Waals surface area contributed by atoms with Gasteiger partial charge in [0, 0.05) is 38.6 Å². The van der Waals surface area contributed by atoms with Crippen LogP contribution < -0.4 is 10.6 Å². The Labute approximate surface area is 176 Å². The molecule has 0 saturated carbocycles. The molecule has 27 heavy (non-hydrogen) atoms. The molecule has 0 bridgehead atoms. The third-order valence-corrected chi connectivity index (χ3v) is 4.04. The minimum atomic E-state index is -0.421. The topological polar surface area (TPSA) is 54.2 Å². The molecule has 8 heteroatoms. The summed E-state index contributed by atoms with van der Waals surface area (Å²) in [4.78, 5) is 8.73. The highest BCUT2D eigenvalue weighted by Crippen LogP contribution is 2.09. The van der Waals surface area contributed by atoms with Gasteiger partial charge >= 0.3 is 0 Å². The maximum Gasteiger partial charge on any atom is 0.191 e. The number of hydrogen-bond acceptors (Lipinski definition) is 2. The lowest BCUT2D eigenvalue weighted by molar-refractivity contribution is 0.582. The van der Waals surface area contributed by atoms with E-state index in [0.717, 1.165) is 43.9 Å². The Morgan fingerprint density at radius 1 is 1.22 bits per heavy atom. The zero-order chi connectivity index (χ0) is 18.8. The number of guanidine groups is 1. The molecule has 0 spiro atoms. The van der Waals surface area contributed by atoms with Gasteiger partial charge < -0.3 is 15.2 Å². The summed E-state index contributed by atoms with van der Waals surface area (Å²) in [7, 11) is 0. The summed E-state index contributed by atoms with van der Waals surface area (Å²) >= 11 is 0. The minimum Gasteiger partial charge on any atom is -0.357 e. The number of nitrogens with one attached hydrogen (secondary N) is 2. The zero-order valence-corrected chi connectivity index (χ0v) is 18.2. The van der Waals surface area contributed by atoms with Crippen molar-refractivity contribution in [3.63, 3.8) is 0 Å². The van der Waals surface area contributed by atoms with Crippen LogP contribution in [0.5, 0.6) is 0 Å². The van der Waals surface area contributed by atoms with Crippen LogP contribution in [-0.2, 0) is 13.0 Å². The van der Waals surface area contributed by atoms with Gasteiger partial charge in [-0.15, -0.1) is 24.0 Å². The van der Waals surface area contributed by atoms with Crippen LogP contribution in [0.3, 0.4) is 0 Å². The largest absolute Gasteiger partial charge is 0.357 e.